The van der Waals surface area contributed by atoms with Gasteiger partial charge in [0.15, 0.2) is 0 Å². The maximum Gasteiger partial charge on any atom is 0.261 e. The Morgan fingerprint density at radius 3 is 2.40 bits per heavy atom. The Morgan fingerprint density at radius 2 is 1.67 bits per heavy atom. The molecule has 4 rings (SSSR count). The van der Waals surface area contributed by atoms with Gasteiger partial charge in [0.25, 0.3) is 17.7 Å². The normalized spacial score (nSPS) is 13.8. The van der Waals surface area contributed by atoms with Crippen molar-refractivity contribution in [2.24, 2.45) is 0 Å². The molecule has 1 atom stereocenters. The van der Waals surface area contributed by atoms with Gasteiger partial charge < -0.3 is 5.32 Å². The number of nitrogens with zero attached hydrogens (tertiary/aromatic N) is 2. The van der Waals surface area contributed by atoms with Gasteiger partial charge in [-0.2, -0.15) is 0 Å². The largest absolute Gasteiger partial charge is 0.346 e. The number of carbonyl (C=O) groups is 3. The van der Waals surface area contributed by atoms with Gasteiger partial charge in [0, 0.05) is 24.5 Å². The van der Waals surface area contributed by atoms with E-state index < -0.39 is 0 Å². The van der Waals surface area contributed by atoms with E-state index in [4.69, 9.17) is 0 Å². The number of nitrogens with one attached hydrogen (secondary N) is 1. The SMILES string of the molecule is CC(NC(=O)c1ccc2c(c1)C(=O)N(CCc1ccccc1)C2=O)c1ccncc1. The molecule has 0 spiro atoms. The van der Waals surface area contributed by atoms with E-state index in [2.05, 4.69) is 10.3 Å². The highest BCUT2D eigenvalue weighted by Gasteiger charge is 2.35. The van der Waals surface area contributed by atoms with Gasteiger partial charge in [0.1, 0.15) is 0 Å². The quantitative estimate of drug-likeness (QED) is 0.644. The summed E-state index contributed by atoms with van der Waals surface area (Å²) in [5.74, 6) is -0.976. The summed E-state index contributed by atoms with van der Waals surface area (Å²) in [7, 11) is 0. The van der Waals surface area contributed by atoms with Crippen LogP contribution in [0.5, 0.6) is 0 Å². The molecule has 30 heavy (non-hydrogen) atoms. The predicted octanol–water partition coefficient (Wildman–Crippen LogP) is 3.41. The minimum Gasteiger partial charge on any atom is -0.346 e. The molecule has 0 fully saturated rings. The number of hydrogen-bond donors (Lipinski definition) is 1. The average molecular weight is 399 g/mol. The molecular formula is C24H21N3O3. The van der Waals surface area contributed by atoms with Crippen molar-refractivity contribution in [2.75, 3.05) is 6.54 Å². The zero-order chi connectivity index (χ0) is 21.1. The van der Waals surface area contributed by atoms with E-state index in [-0.39, 0.29) is 29.3 Å². The molecule has 2 heterocycles. The second-order valence-corrected chi connectivity index (χ2v) is 7.23. The molecule has 0 saturated heterocycles. The molecule has 6 heteroatoms. The van der Waals surface area contributed by atoms with E-state index >= 15 is 0 Å². The van der Waals surface area contributed by atoms with Crippen molar-refractivity contribution in [3.05, 3.63) is 101 Å². The van der Waals surface area contributed by atoms with Crippen molar-refractivity contribution in [1.29, 1.82) is 0 Å². The van der Waals surface area contributed by atoms with Gasteiger partial charge in [-0.05, 0) is 54.8 Å². The number of benzene rings is 2. The lowest BCUT2D eigenvalue weighted by molar-refractivity contribution is 0.0656. The Bertz CT molecular complexity index is 1100. The number of hydrogen-bond acceptors (Lipinski definition) is 4. The summed E-state index contributed by atoms with van der Waals surface area (Å²) in [5, 5.41) is 2.91. The second kappa shape index (κ2) is 8.29. The maximum absolute atomic E-state index is 12.8. The molecular weight excluding hydrogens is 378 g/mol. The molecule has 3 amide bonds. The molecule has 1 aromatic heterocycles. The standard InChI is InChI=1S/C24H21N3O3/c1-16(18-9-12-25-13-10-18)26-22(28)19-7-8-20-21(15-19)24(30)27(23(20)29)14-11-17-5-3-2-4-6-17/h2-10,12-13,15-16H,11,14H2,1H3,(H,26,28). The Hall–Kier alpha value is -3.80. The van der Waals surface area contributed by atoms with E-state index in [1.165, 1.54) is 11.0 Å². The van der Waals surface area contributed by atoms with E-state index in [1.807, 2.05) is 49.4 Å². The van der Waals surface area contributed by atoms with Crippen LogP contribution in [-0.4, -0.2) is 34.2 Å². The lowest BCUT2D eigenvalue weighted by Crippen LogP contribution is -2.31. The molecule has 2 aromatic carbocycles. The Morgan fingerprint density at radius 1 is 0.967 bits per heavy atom. The zero-order valence-electron chi connectivity index (χ0n) is 16.5. The van der Waals surface area contributed by atoms with Crippen molar-refractivity contribution in [3.63, 3.8) is 0 Å². The number of amides is 3. The van der Waals surface area contributed by atoms with E-state index in [1.54, 1.807) is 24.5 Å². The van der Waals surface area contributed by atoms with E-state index in [0.29, 0.717) is 24.1 Å². The van der Waals surface area contributed by atoms with Crippen LogP contribution in [0.2, 0.25) is 0 Å². The van der Waals surface area contributed by atoms with Crippen LogP contribution >= 0.6 is 0 Å². The summed E-state index contributed by atoms with van der Waals surface area (Å²) in [5.41, 5.74) is 2.95. The van der Waals surface area contributed by atoms with E-state index in [0.717, 1.165) is 11.1 Å². The third kappa shape index (κ3) is 3.85. The Kier molecular flexibility index (Phi) is 5.39. The topological polar surface area (TPSA) is 79.4 Å². The first-order valence-corrected chi connectivity index (χ1v) is 9.79. The van der Waals surface area contributed by atoms with Crippen LogP contribution in [0.4, 0.5) is 0 Å². The smallest absolute Gasteiger partial charge is 0.261 e. The van der Waals surface area contributed by atoms with Crippen molar-refractivity contribution >= 4 is 17.7 Å². The van der Waals surface area contributed by atoms with Crippen molar-refractivity contribution < 1.29 is 14.4 Å². The van der Waals surface area contributed by atoms with Crippen LogP contribution in [0.25, 0.3) is 0 Å². The van der Waals surface area contributed by atoms with Crippen LogP contribution in [0.15, 0.2) is 73.1 Å². The van der Waals surface area contributed by atoms with Gasteiger partial charge in [-0.15, -0.1) is 0 Å². The molecule has 150 valence electrons. The third-order valence-electron chi connectivity index (χ3n) is 5.25. The van der Waals surface area contributed by atoms with Gasteiger partial charge in [-0.25, -0.2) is 0 Å². The molecule has 0 aliphatic carbocycles. The molecule has 0 saturated carbocycles. The fourth-order valence-corrected chi connectivity index (χ4v) is 3.54. The second-order valence-electron chi connectivity index (χ2n) is 7.23. The molecule has 1 N–H and O–H groups in total. The summed E-state index contributed by atoms with van der Waals surface area (Å²) >= 11 is 0. The summed E-state index contributed by atoms with van der Waals surface area (Å²) in [6.07, 6.45) is 3.92. The predicted molar refractivity (Wildman–Crippen MR) is 112 cm³/mol. The third-order valence-corrected chi connectivity index (χ3v) is 5.25. The Labute approximate surface area is 174 Å². The van der Waals surface area contributed by atoms with Gasteiger partial charge in [0.05, 0.1) is 17.2 Å². The first-order chi connectivity index (χ1) is 14.5. The van der Waals surface area contributed by atoms with Crippen LogP contribution in [0, 0.1) is 0 Å². The summed E-state index contributed by atoms with van der Waals surface area (Å²) in [6.45, 7) is 2.18. The van der Waals surface area contributed by atoms with Crippen molar-refractivity contribution in [2.45, 2.75) is 19.4 Å². The highest BCUT2D eigenvalue weighted by molar-refractivity contribution is 6.22. The number of carbonyl (C=O) groups excluding carboxylic acids is 3. The van der Waals surface area contributed by atoms with E-state index in [9.17, 15) is 14.4 Å². The molecule has 3 aromatic rings. The fraction of sp³-hybridized carbons (Fsp3) is 0.167. The number of aromatic nitrogens is 1. The maximum atomic E-state index is 12.8. The van der Waals surface area contributed by atoms with Crippen molar-refractivity contribution in [1.82, 2.24) is 15.2 Å². The molecule has 1 unspecified atom stereocenters. The molecule has 0 radical (unpaired) electrons. The molecule has 1 aliphatic rings. The zero-order valence-corrected chi connectivity index (χ0v) is 16.5. The lowest BCUT2D eigenvalue weighted by atomic mass is 10.0. The van der Waals surface area contributed by atoms with Gasteiger partial charge >= 0.3 is 0 Å². The number of rotatable bonds is 6. The van der Waals surface area contributed by atoms with Crippen LogP contribution in [0.3, 0.4) is 0 Å². The fourth-order valence-electron chi connectivity index (χ4n) is 3.54. The van der Waals surface area contributed by atoms with Crippen LogP contribution in [0.1, 0.15) is 55.2 Å². The lowest BCUT2D eigenvalue weighted by Gasteiger charge is -2.14. The highest BCUT2D eigenvalue weighted by atomic mass is 16.2. The van der Waals surface area contributed by atoms with Gasteiger partial charge in [0.2, 0.25) is 0 Å². The summed E-state index contributed by atoms with van der Waals surface area (Å²) < 4.78 is 0. The Balaban J connectivity index is 1.48. The van der Waals surface area contributed by atoms with Crippen molar-refractivity contribution in [3.8, 4) is 0 Å². The monoisotopic (exact) mass is 399 g/mol. The van der Waals surface area contributed by atoms with Gasteiger partial charge in [-0.1, -0.05) is 30.3 Å². The van der Waals surface area contributed by atoms with Gasteiger partial charge in [-0.3, -0.25) is 24.3 Å². The molecule has 0 bridgehead atoms. The average Bonchev–Trinajstić information content (AvgIpc) is 3.02. The molecule has 1 aliphatic heterocycles. The minimum absolute atomic E-state index is 0.214. The first kappa shape index (κ1) is 19.5. The highest BCUT2D eigenvalue weighted by Crippen LogP contribution is 2.25. The summed E-state index contributed by atoms with van der Waals surface area (Å²) in [4.78, 5) is 43.4. The minimum atomic E-state index is -0.359. The number of pyridine rings is 1. The molecule has 6 nitrogen and oxygen atoms in total. The number of fused-ring (bicyclic) bond motifs is 1. The summed E-state index contributed by atoms with van der Waals surface area (Å²) in [6, 6.07) is 17.8. The van der Waals surface area contributed by atoms with Crippen LogP contribution in [-0.2, 0) is 6.42 Å². The number of imide groups is 1. The van der Waals surface area contributed by atoms with Crippen LogP contribution < -0.4 is 5.32 Å². The first-order valence-electron chi connectivity index (χ1n) is 9.79.